The molecule has 3 rings (SSSR count). The zero-order valence-electron chi connectivity index (χ0n) is 16.8. The number of rotatable bonds is 6. The number of carboxylic acid groups (broad SMARTS) is 1. The van der Waals surface area contributed by atoms with Crippen molar-refractivity contribution >= 4 is 11.9 Å². The number of carboxylic acids is 1. The summed E-state index contributed by atoms with van der Waals surface area (Å²) >= 11 is 0. The quantitative estimate of drug-likeness (QED) is 0.603. The first-order valence-electron chi connectivity index (χ1n) is 9.83. The van der Waals surface area contributed by atoms with Crippen molar-refractivity contribution in [3.8, 4) is 11.8 Å². The Morgan fingerprint density at radius 2 is 1.63 bits per heavy atom. The van der Waals surface area contributed by atoms with Crippen LogP contribution in [0.25, 0.3) is 0 Å². The van der Waals surface area contributed by atoms with Crippen molar-refractivity contribution in [3.05, 3.63) is 106 Å². The molecule has 2 N–H and O–H groups in total. The highest BCUT2D eigenvalue weighted by Gasteiger charge is 2.07. The summed E-state index contributed by atoms with van der Waals surface area (Å²) in [7, 11) is 0. The molecule has 0 spiro atoms. The zero-order chi connectivity index (χ0) is 21.3. The summed E-state index contributed by atoms with van der Waals surface area (Å²) in [6, 6.07) is 22.0. The molecule has 3 aromatic carbocycles. The third-order valence-electron chi connectivity index (χ3n) is 4.79. The molecule has 0 aromatic heterocycles. The fourth-order valence-corrected chi connectivity index (χ4v) is 3.10. The molecule has 0 saturated carbocycles. The van der Waals surface area contributed by atoms with Gasteiger partial charge >= 0.3 is 5.97 Å². The molecule has 0 aliphatic rings. The number of carbonyl (C=O) groups excluding carboxylic acids is 1. The maximum Gasteiger partial charge on any atom is 0.335 e. The number of hydrogen-bond donors (Lipinski definition) is 2. The monoisotopic (exact) mass is 397 g/mol. The van der Waals surface area contributed by atoms with Crippen molar-refractivity contribution in [3.63, 3.8) is 0 Å². The molecule has 1 amide bonds. The molecule has 0 bridgehead atoms. The summed E-state index contributed by atoms with van der Waals surface area (Å²) in [5.74, 6) is 5.18. The van der Waals surface area contributed by atoms with Gasteiger partial charge in [0.2, 0.25) is 0 Å². The van der Waals surface area contributed by atoms with Gasteiger partial charge < -0.3 is 10.4 Å². The van der Waals surface area contributed by atoms with E-state index in [4.69, 9.17) is 5.11 Å². The van der Waals surface area contributed by atoms with Gasteiger partial charge in [-0.1, -0.05) is 61.2 Å². The standard InChI is InChI=1S/C26H23NO3/c1-2-21-9-3-4-10-22(21)11-5-7-19-8-6-12-24(17-19)25(28)27-18-20-13-15-23(16-14-20)26(29)30/h3-4,6,8-10,12-17H,2,11,18H2,1H3,(H,27,28)(H,29,30). The molecule has 0 unspecified atom stereocenters. The van der Waals surface area contributed by atoms with E-state index in [1.54, 1.807) is 24.3 Å². The van der Waals surface area contributed by atoms with Gasteiger partial charge in [0.25, 0.3) is 5.91 Å². The van der Waals surface area contributed by atoms with Crippen LogP contribution in [0.4, 0.5) is 0 Å². The lowest BCUT2D eigenvalue weighted by atomic mass is 10.0. The SMILES string of the molecule is CCc1ccccc1CC#Cc1cccc(C(=O)NCc2ccc(C(=O)O)cc2)c1. The van der Waals surface area contributed by atoms with Crippen LogP contribution in [0, 0.1) is 11.8 Å². The van der Waals surface area contributed by atoms with Gasteiger partial charge in [-0.05, 0) is 53.4 Å². The highest BCUT2D eigenvalue weighted by Crippen LogP contribution is 2.10. The van der Waals surface area contributed by atoms with E-state index in [-0.39, 0.29) is 11.5 Å². The summed E-state index contributed by atoms with van der Waals surface area (Å²) in [6.07, 6.45) is 1.65. The van der Waals surface area contributed by atoms with Crippen LogP contribution >= 0.6 is 0 Å². The zero-order valence-corrected chi connectivity index (χ0v) is 16.8. The second kappa shape index (κ2) is 10.1. The first kappa shape index (κ1) is 20.9. The van der Waals surface area contributed by atoms with Gasteiger partial charge in [0.1, 0.15) is 0 Å². The van der Waals surface area contributed by atoms with Crippen LogP contribution in [0.2, 0.25) is 0 Å². The Balaban J connectivity index is 1.62. The van der Waals surface area contributed by atoms with Crippen molar-refractivity contribution in [1.82, 2.24) is 5.32 Å². The Morgan fingerprint density at radius 1 is 0.900 bits per heavy atom. The molecule has 0 aliphatic carbocycles. The minimum atomic E-state index is -0.971. The van der Waals surface area contributed by atoms with Crippen molar-refractivity contribution in [2.45, 2.75) is 26.3 Å². The predicted molar refractivity (Wildman–Crippen MR) is 117 cm³/mol. The molecular formula is C26H23NO3. The number of aryl methyl sites for hydroxylation is 1. The molecule has 0 fully saturated rings. The van der Waals surface area contributed by atoms with E-state index in [2.05, 4.69) is 36.2 Å². The number of nitrogens with one attached hydrogen (secondary N) is 1. The first-order valence-corrected chi connectivity index (χ1v) is 9.83. The smallest absolute Gasteiger partial charge is 0.335 e. The molecule has 0 atom stereocenters. The van der Waals surface area contributed by atoms with E-state index in [0.29, 0.717) is 18.5 Å². The number of carbonyl (C=O) groups is 2. The van der Waals surface area contributed by atoms with Crippen LogP contribution in [-0.4, -0.2) is 17.0 Å². The second-order valence-corrected chi connectivity index (χ2v) is 6.87. The molecule has 0 aliphatic heterocycles. The van der Waals surface area contributed by atoms with E-state index in [0.717, 1.165) is 17.5 Å². The maximum atomic E-state index is 12.5. The lowest BCUT2D eigenvalue weighted by Gasteiger charge is -2.06. The topological polar surface area (TPSA) is 66.4 Å². The number of benzene rings is 3. The average molecular weight is 397 g/mol. The van der Waals surface area contributed by atoms with E-state index in [1.165, 1.54) is 23.3 Å². The van der Waals surface area contributed by atoms with Gasteiger partial charge in [0.15, 0.2) is 0 Å². The summed E-state index contributed by atoms with van der Waals surface area (Å²) in [5, 5.41) is 11.8. The third-order valence-corrected chi connectivity index (χ3v) is 4.79. The first-order chi connectivity index (χ1) is 14.6. The summed E-state index contributed by atoms with van der Waals surface area (Å²) in [5.41, 5.74) is 4.92. The summed E-state index contributed by atoms with van der Waals surface area (Å²) < 4.78 is 0. The molecule has 0 saturated heterocycles. The van der Waals surface area contributed by atoms with E-state index < -0.39 is 5.97 Å². The summed E-state index contributed by atoms with van der Waals surface area (Å²) in [6.45, 7) is 2.46. The Hall–Kier alpha value is -3.84. The van der Waals surface area contributed by atoms with Gasteiger partial charge in [-0.25, -0.2) is 4.79 Å². The summed E-state index contributed by atoms with van der Waals surface area (Å²) in [4.78, 5) is 23.4. The molecule has 0 radical (unpaired) electrons. The van der Waals surface area contributed by atoms with Crippen LogP contribution in [-0.2, 0) is 19.4 Å². The number of aromatic carboxylic acids is 1. The van der Waals surface area contributed by atoms with Crippen LogP contribution < -0.4 is 5.32 Å². The predicted octanol–water partition coefficient (Wildman–Crippen LogP) is 4.47. The molecule has 4 heteroatoms. The van der Waals surface area contributed by atoms with Gasteiger partial charge in [0, 0.05) is 24.1 Å². The minimum absolute atomic E-state index is 0.197. The Kier molecular flexibility index (Phi) is 7.02. The number of amides is 1. The van der Waals surface area contributed by atoms with Gasteiger partial charge in [-0.3, -0.25) is 4.79 Å². The van der Waals surface area contributed by atoms with Crippen LogP contribution in [0.5, 0.6) is 0 Å². The van der Waals surface area contributed by atoms with Crippen molar-refractivity contribution in [1.29, 1.82) is 0 Å². The highest BCUT2D eigenvalue weighted by atomic mass is 16.4. The fourth-order valence-electron chi connectivity index (χ4n) is 3.10. The molecular weight excluding hydrogens is 374 g/mol. The average Bonchev–Trinajstić information content (AvgIpc) is 2.78. The fraction of sp³-hybridized carbons (Fsp3) is 0.154. The van der Waals surface area contributed by atoms with Crippen molar-refractivity contribution in [2.24, 2.45) is 0 Å². The lowest BCUT2D eigenvalue weighted by Crippen LogP contribution is -2.22. The molecule has 30 heavy (non-hydrogen) atoms. The second-order valence-electron chi connectivity index (χ2n) is 6.87. The molecule has 4 nitrogen and oxygen atoms in total. The van der Waals surface area contributed by atoms with Crippen LogP contribution in [0.3, 0.4) is 0 Å². The highest BCUT2D eigenvalue weighted by molar-refractivity contribution is 5.94. The van der Waals surface area contributed by atoms with E-state index in [1.807, 2.05) is 24.3 Å². The third kappa shape index (κ3) is 5.59. The normalized spacial score (nSPS) is 10.0. The van der Waals surface area contributed by atoms with Crippen molar-refractivity contribution < 1.29 is 14.7 Å². The van der Waals surface area contributed by atoms with Gasteiger partial charge in [0.05, 0.1) is 5.56 Å². The lowest BCUT2D eigenvalue weighted by molar-refractivity contribution is 0.0696. The molecule has 3 aromatic rings. The molecule has 150 valence electrons. The number of hydrogen-bond acceptors (Lipinski definition) is 2. The Morgan fingerprint density at radius 3 is 2.33 bits per heavy atom. The largest absolute Gasteiger partial charge is 0.478 e. The van der Waals surface area contributed by atoms with Gasteiger partial charge in [-0.15, -0.1) is 0 Å². The van der Waals surface area contributed by atoms with E-state index in [9.17, 15) is 9.59 Å². The Labute approximate surface area is 176 Å². The van der Waals surface area contributed by atoms with Gasteiger partial charge in [-0.2, -0.15) is 0 Å². The molecule has 0 heterocycles. The minimum Gasteiger partial charge on any atom is -0.478 e. The van der Waals surface area contributed by atoms with Crippen LogP contribution in [0.15, 0.2) is 72.8 Å². The maximum absolute atomic E-state index is 12.5. The Bertz CT molecular complexity index is 1100. The van der Waals surface area contributed by atoms with Crippen LogP contribution in [0.1, 0.15) is 49.9 Å². The van der Waals surface area contributed by atoms with Crippen molar-refractivity contribution in [2.75, 3.05) is 0 Å². The van der Waals surface area contributed by atoms with E-state index >= 15 is 0 Å².